The molecule has 1 unspecified atom stereocenters. The van der Waals surface area contributed by atoms with Crippen LogP contribution in [0.5, 0.6) is 0 Å². The molecule has 1 N–H and O–H groups in total. The van der Waals surface area contributed by atoms with E-state index in [0.29, 0.717) is 18.4 Å². The monoisotopic (exact) mass is 284 g/mol. The Morgan fingerprint density at radius 3 is 3.05 bits per heavy atom. The summed E-state index contributed by atoms with van der Waals surface area (Å²) >= 11 is 5.76. The molecule has 1 aromatic rings. The molecule has 0 aliphatic carbocycles. The zero-order chi connectivity index (χ0) is 13.8. The Morgan fingerprint density at radius 2 is 2.42 bits per heavy atom. The number of nitrogens with one attached hydrogen (secondary N) is 1. The van der Waals surface area contributed by atoms with Crippen LogP contribution in [0.3, 0.4) is 0 Å². The number of piperidine rings is 1. The van der Waals surface area contributed by atoms with Crippen molar-refractivity contribution in [2.24, 2.45) is 0 Å². The molecule has 1 atom stereocenters. The number of nitro groups is 1. The maximum atomic E-state index is 11.0. The third-order valence-electron chi connectivity index (χ3n) is 3.28. The summed E-state index contributed by atoms with van der Waals surface area (Å²) in [5.41, 5.74) is -0.0502. The molecule has 1 saturated heterocycles. The number of aromatic nitrogens is 1. The van der Waals surface area contributed by atoms with Crippen molar-refractivity contribution < 1.29 is 4.92 Å². The molecule has 7 heteroatoms. The van der Waals surface area contributed by atoms with Crippen molar-refractivity contribution >= 4 is 23.1 Å². The average molecular weight is 285 g/mol. The molecule has 2 heterocycles. The molecular weight excluding hydrogens is 268 g/mol. The standard InChI is InChI=1S/C12H17ClN4O2/c1-16(8-10-4-2-3-5-14-10)12-11(17(18)19)6-9(13)7-15-12/h6-7,10,14H,2-5,8H2,1H3. The lowest BCUT2D eigenvalue weighted by molar-refractivity contribution is -0.384. The smallest absolute Gasteiger partial charge is 0.313 e. The second kappa shape index (κ2) is 6.16. The largest absolute Gasteiger partial charge is 0.352 e. The Morgan fingerprint density at radius 1 is 1.63 bits per heavy atom. The Labute approximate surface area is 116 Å². The van der Waals surface area contributed by atoms with Crippen LogP contribution in [0.2, 0.25) is 5.02 Å². The van der Waals surface area contributed by atoms with Gasteiger partial charge in [0, 0.05) is 31.9 Å². The van der Waals surface area contributed by atoms with Crippen LogP contribution < -0.4 is 10.2 Å². The van der Waals surface area contributed by atoms with Crippen molar-refractivity contribution in [2.45, 2.75) is 25.3 Å². The van der Waals surface area contributed by atoms with Gasteiger partial charge in [-0.2, -0.15) is 0 Å². The van der Waals surface area contributed by atoms with Gasteiger partial charge in [-0.1, -0.05) is 18.0 Å². The molecule has 0 spiro atoms. The summed E-state index contributed by atoms with van der Waals surface area (Å²) in [4.78, 5) is 16.5. The number of likely N-dealkylation sites (N-methyl/N-ethyl adjacent to an activating group) is 1. The maximum Gasteiger partial charge on any atom is 0.313 e. The van der Waals surface area contributed by atoms with E-state index in [-0.39, 0.29) is 10.7 Å². The first-order chi connectivity index (χ1) is 9.08. The van der Waals surface area contributed by atoms with Crippen LogP contribution in [0.4, 0.5) is 11.5 Å². The van der Waals surface area contributed by atoms with Crippen molar-refractivity contribution in [1.82, 2.24) is 10.3 Å². The predicted octanol–water partition coefficient (Wildman–Crippen LogP) is 2.22. The van der Waals surface area contributed by atoms with Crippen LogP contribution in [-0.2, 0) is 0 Å². The minimum absolute atomic E-state index is 0.0502. The molecule has 0 radical (unpaired) electrons. The van der Waals surface area contributed by atoms with E-state index in [0.717, 1.165) is 13.0 Å². The van der Waals surface area contributed by atoms with Crippen molar-refractivity contribution in [1.29, 1.82) is 0 Å². The van der Waals surface area contributed by atoms with E-state index in [9.17, 15) is 10.1 Å². The van der Waals surface area contributed by atoms with Gasteiger partial charge in [0.15, 0.2) is 0 Å². The van der Waals surface area contributed by atoms with Crippen LogP contribution >= 0.6 is 11.6 Å². The summed E-state index contributed by atoms with van der Waals surface area (Å²) < 4.78 is 0. The van der Waals surface area contributed by atoms with Crippen LogP contribution in [0.25, 0.3) is 0 Å². The van der Waals surface area contributed by atoms with Gasteiger partial charge in [-0.05, 0) is 19.4 Å². The van der Waals surface area contributed by atoms with Gasteiger partial charge >= 0.3 is 5.69 Å². The Bertz CT molecular complexity index is 463. The Kier molecular flexibility index (Phi) is 4.55. The SMILES string of the molecule is CN(CC1CCCCN1)c1ncc(Cl)cc1[N+](=O)[O-]. The van der Waals surface area contributed by atoms with Gasteiger partial charge in [0.1, 0.15) is 0 Å². The zero-order valence-electron chi connectivity index (χ0n) is 10.8. The van der Waals surface area contributed by atoms with E-state index < -0.39 is 4.92 Å². The molecule has 0 bridgehead atoms. The van der Waals surface area contributed by atoms with Gasteiger partial charge in [-0.15, -0.1) is 0 Å². The number of nitrogens with zero attached hydrogens (tertiary/aromatic N) is 3. The molecule has 104 valence electrons. The quantitative estimate of drug-likeness (QED) is 0.678. The van der Waals surface area contributed by atoms with Crippen LogP contribution in [0, 0.1) is 10.1 Å². The highest BCUT2D eigenvalue weighted by molar-refractivity contribution is 6.30. The van der Waals surface area contributed by atoms with Gasteiger partial charge in [0.25, 0.3) is 0 Å². The van der Waals surface area contributed by atoms with Crippen LogP contribution in [-0.4, -0.2) is 36.1 Å². The maximum absolute atomic E-state index is 11.0. The lowest BCUT2D eigenvalue weighted by Gasteiger charge is -2.28. The number of hydrogen-bond donors (Lipinski definition) is 1. The summed E-state index contributed by atoms with van der Waals surface area (Å²) in [6.45, 7) is 1.71. The van der Waals surface area contributed by atoms with Crippen molar-refractivity contribution in [3.8, 4) is 0 Å². The number of anilines is 1. The van der Waals surface area contributed by atoms with E-state index in [1.807, 2.05) is 11.9 Å². The fraction of sp³-hybridized carbons (Fsp3) is 0.583. The third kappa shape index (κ3) is 3.54. The van der Waals surface area contributed by atoms with Gasteiger partial charge in [-0.3, -0.25) is 10.1 Å². The highest BCUT2D eigenvalue weighted by Gasteiger charge is 2.22. The highest BCUT2D eigenvalue weighted by Crippen LogP contribution is 2.27. The fourth-order valence-electron chi connectivity index (χ4n) is 2.35. The summed E-state index contributed by atoms with van der Waals surface area (Å²) in [6, 6.07) is 1.70. The van der Waals surface area contributed by atoms with E-state index >= 15 is 0 Å². The second-order valence-corrected chi connectivity index (χ2v) is 5.22. The molecule has 2 rings (SSSR count). The Hall–Kier alpha value is -1.40. The van der Waals surface area contributed by atoms with Crippen molar-refractivity contribution in [3.05, 3.63) is 27.4 Å². The highest BCUT2D eigenvalue weighted by atomic mass is 35.5. The van der Waals surface area contributed by atoms with Crippen molar-refractivity contribution in [2.75, 3.05) is 25.0 Å². The van der Waals surface area contributed by atoms with Crippen molar-refractivity contribution in [3.63, 3.8) is 0 Å². The van der Waals surface area contributed by atoms with E-state index in [2.05, 4.69) is 10.3 Å². The molecule has 1 aliphatic heterocycles. The molecule has 1 aliphatic rings. The topological polar surface area (TPSA) is 71.3 Å². The normalized spacial score (nSPS) is 19.2. The van der Waals surface area contributed by atoms with Gasteiger partial charge < -0.3 is 10.2 Å². The van der Waals surface area contributed by atoms with Gasteiger partial charge in [-0.25, -0.2) is 4.98 Å². The number of hydrogen-bond acceptors (Lipinski definition) is 5. The van der Waals surface area contributed by atoms with Gasteiger partial charge in [0.2, 0.25) is 5.82 Å². The number of halogens is 1. The lowest BCUT2D eigenvalue weighted by atomic mass is 10.0. The third-order valence-corrected chi connectivity index (χ3v) is 3.49. The summed E-state index contributed by atoms with van der Waals surface area (Å²) in [7, 11) is 1.82. The minimum atomic E-state index is -0.445. The molecule has 0 amide bonds. The summed E-state index contributed by atoms with van der Waals surface area (Å²) in [6.07, 6.45) is 4.92. The lowest BCUT2D eigenvalue weighted by Crippen LogP contribution is -2.42. The number of pyridine rings is 1. The number of rotatable bonds is 4. The Balaban J connectivity index is 2.13. The molecule has 0 aromatic carbocycles. The first-order valence-electron chi connectivity index (χ1n) is 6.32. The fourth-order valence-corrected chi connectivity index (χ4v) is 2.50. The zero-order valence-corrected chi connectivity index (χ0v) is 11.6. The van der Waals surface area contributed by atoms with Crippen LogP contribution in [0.15, 0.2) is 12.3 Å². The molecular formula is C12H17ClN4O2. The van der Waals surface area contributed by atoms with Gasteiger partial charge in [0.05, 0.1) is 9.95 Å². The molecule has 0 saturated carbocycles. The van der Waals surface area contributed by atoms with E-state index in [1.165, 1.54) is 25.1 Å². The summed E-state index contributed by atoms with van der Waals surface area (Å²) in [5.74, 6) is 0.363. The minimum Gasteiger partial charge on any atom is -0.352 e. The molecule has 6 nitrogen and oxygen atoms in total. The molecule has 1 aromatic heterocycles. The van der Waals surface area contributed by atoms with E-state index in [1.54, 1.807) is 0 Å². The van der Waals surface area contributed by atoms with E-state index in [4.69, 9.17) is 11.6 Å². The molecule has 1 fully saturated rings. The van der Waals surface area contributed by atoms with Crippen LogP contribution in [0.1, 0.15) is 19.3 Å². The first kappa shape index (κ1) is 14.0. The second-order valence-electron chi connectivity index (χ2n) is 4.78. The summed E-state index contributed by atoms with van der Waals surface area (Å²) in [5, 5.41) is 14.7. The molecule has 19 heavy (non-hydrogen) atoms. The predicted molar refractivity (Wildman–Crippen MR) is 74.8 cm³/mol. The first-order valence-corrected chi connectivity index (χ1v) is 6.70. The average Bonchev–Trinajstić information content (AvgIpc) is 2.39.